The minimum Gasteiger partial charge on any atom is -0.153 e. The summed E-state index contributed by atoms with van der Waals surface area (Å²) in [6.07, 6.45) is 0. The summed E-state index contributed by atoms with van der Waals surface area (Å²) in [7, 11) is 0. The van der Waals surface area contributed by atoms with Crippen molar-refractivity contribution in [2.75, 3.05) is 0 Å². The first kappa shape index (κ1) is 8.64. The van der Waals surface area contributed by atoms with Crippen LogP contribution in [0.5, 0.6) is 0 Å². The van der Waals surface area contributed by atoms with Crippen molar-refractivity contribution < 1.29 is 9.57 Å². The Balaban J connectivity index is 2.93. The predicted molar refractivity (Wildman–Crippen MR) is 42.6 cm³/mol. The molecule has 1 aromatic rings. The molecule has 4 heteroatoms. The molecular formula is C8H9FN2O. The van der Waals surface area contributed by atoms with Crippen LogP contribution in [0, 0.1) is 13.8 Å². The second-order valence-electron chi connectivity index (χ2n) is 2.60. The van der Waals surface area contributed by atoms with Crippen molar-refractivity contribution >= 4 is 5.69 Å². The summed E-state index contributed by atoms with van der Waals surface area (Å²) < 4.78 is 11.1. The third-order valence-corrected chi connectivity index (χ3v) is 1.39. The number of hydrogen-bond donors (Lipinski definition) is 0. The topological polar surface area (TPSA) is 34.0 Å². The Kier molecular flexibility index (Phi) is 2.74. The lowest BCUT2D eigenvalue weighted by Crippen LogP contribution is -1.75. The molecule has 0 atom stereocenters. The van der Waals surface area contributed by atoms with Crippen LogP contribution in [0.4, 0.5) is 10.2 Å². The zero-order valence-corrected chi connectivity index (χ0v) is 6.91. The van der Waals surface area contributed by atoms with Gasteiger partial charge in [-0.15, -0.1) is 5.11 Å². The van der Waals surface area contributed by atoms with Crippen molar-refractivity contribution in [1.29, 1.82) is 0 Å². The second kappa shape index (κ2) is 3.80. The number of hydrogen-bond acceptors (Lipinski definition) is 3. The Morgan fingerprint density at radius 2 is 1.75 bits per heavy atom. The molecule has 0 radical (unpaired) electrons. The Bertz CT molecular complexity index is 279. The lowest BCUT2D eigenvalue weighted by Gasteiger charge is -1.96. The fourth-order valence-electron chi connectivity index (χ4n) is 1.07. The maximum Gasteiger partial charge on any atom is 0.0896 e. The van der Waals surface area contributed by atoms with E-state index in [0.29, 0.717) is 5.69 Å². The van der Waals surface area contributed by atoms with Crippen LogP contribution < -0.4 is 0 Å². The van der Waals surface area contributed by atoms with E-state index >= 15 is 0 Å². The van der Waals surface area contributed by atoms with Gasteiger partial charge in [-0.05, 0) is 37.1 Å². The fourth-order valence-corrected chi connectivity index (χ4v) is 1.07. The van der Waals surface area contributed by atoms with Gasteiger partial charge in [0.25, 0.3) is 0 Å². The van der Waals surface area contributed by atoms with E-state index in [2.05, 4.69) is 15.4 Å². The van der Waals surface area contributed by atoms with Crippen LogP contribution in [0.1, 0.15) is 11.1 Å². The lowest BCUT2D eigenvalue weighted by atomic mass is 10.1. The molecule has 0 saturated heterocycles. The quantitative estimate of drug-likeness (QED) is 0.493. The molecule has 0 N–H and O–H groups in total. The summed E-state index contributed by atoms with van der Waals surface area (Å²) in [5, 5.41) is 9.24. The van der Waals surface area contributed by atoms with Crippen molar-refractivity contribution in [3.8, 4) is 0 Å². The van der Waals surface area contributed by atoms with Crippen LogP contribution in [-0.4, -0.2) is 0 Å². The maximum absolute atomic E-state index is 11.1. The van der Waals surface area contributed by atoms with Crippen molar-refractivity contribution in [2.45, 2.75) is 13.8 Å². The first-order chi connectivity index (χ1) is 5.72. The zero-order chi connectivity index (χ0) is 8.97. The molecule has 64 valence electrons. The first-order valence-corrected chi connectivity index (χ1v) is 3.49. The van der Waals surface area contributed by atoms with Gasteiger partial charge in [0.05, 0.1) is 11.0 Å². The van der Waals surface area contributed by atoms with Crippen molar-refractivity contribution in [2.24, 2.45) is 10.4 Å². The van der Waals surface area contributed by atoms with E-state index < -0.39 is 0 Å². The molecule has 0 aliphatic heterocycles. The van der Waals surface area contributed by atoms with Gasteiger partial charge in [-0.1, -0.05) is 6.07 Å². The predicted octanol–water partition coefficient (Wildman–Crippen LogP) is 3.20. The summed E-state index contributed by atoms with van der Waals surface area (Å²) in [6, 6.07) is 5.57. The summed E-state index contributed by atoms with van der Waals surface area (Å²) in [6.45, 7) is 3.87. The smallest absolute Gasteiger partial charge is 0.0896 e. The average Bonchev–Trinajstić information content (AvgIpc) is 1.99. The molecule has 3 nitrogen and oxygen atoms in total. The molecule has 1 rings (SSSR count). The molecule has 0 bridgehead atoms. The lowest BCUT2D eigenvalue weighted by molar-refractivity contribution is -0.140. The Morgan fingerprint density at radius 3 is 2.25 bits per heavy atom. The van der Waals surface area contributed by atoms with E-state index in [-0.39, 0.29) is 0 Å². The van der Waals surface area contributed by atoms with E-state index in [9.17, 15) is 4.53 Å². The molecule has 0 heterocycles. The number of rotatable bonds is 2. The molecule has 0 spiro atoms. The molecule has 12 heavy (non-hydrogen) atoms. The van der Waals surface area contributed by atoms with Crippen LogP contribution in [0.15, 0.2) is 28.6 Å². The van der Waals surface area contributed by atoms with Gasteiger partial charge in [-0.25, -0.2) is 0 Å². The highest BCUT2D eigenvalue weighted by molar-refractivity contribution is 5.42. The van der Waals surface area contributed by atoms with E-state index in [1.54, 1.807) is 12.1 Å². The molecule has 0 unspecified atom stereocenters. The van der Waals surface area contributed by atoms with Crippen LogP contribution in [0.25, 0.3) is 0 Å². The molecule has 0 aliphatic rings. The average molecular weight is 168 g/mol. The first-order valence-electron chi connectivity index (χ1n) is 3.49. The molecule has 1 aromatic carbocycles. The summed E-state index contributed by atoms with van der Waals surface area (Å²) in [4.78, 5) is 0. The molecule has 0 saturated carbocycles. The third-order valence-electron chi connectivity index (χ3n) is 1.39. The number of halogens is 1. The highest BCUT2D eigenvalue weighted by atomic mass is 19.3. The Labute approximate surface area is 69.7 Å². The van der Waals surface area contributed by atoms with Crippen molar-refractivity contribution in [1.82, 2.24) is 0 Å². The minimum absolute atomic E-state index is 0.588. The van der Waals surface area contributed by atoms with E-state index in [1.807, 2.05) is 19.9 Å². The van der Waals surface area contributed by atoms with E-state index in [4.69, 9.17) is 0 Å². The van der Waals surface area contributed by atoms with E-state index in [0.717, 1.165) is 11.1 Å². The maximum atomic E-state index is 11.1. The van der Waals surface area contributed by atoms with Crippen LogP contribution >= 0.6 is 0 Å². The SMILES string of the molecule is Cc1cc(C)cc(N=NOF)c1. The van der Waals surface area contributed by atoms with E-state index in [1.165, 1.54) is 0 Å². The van der Waals surface area contributed by atoms with Crippen LogP contribution in [0.2, 0.25) is 0 Å². The van der Waals surface area contributed by atoms with Gasteiger partial charge in [0.1, 0.15) is 0 Å². The van der Waals surface area contributed by atoms with Gasteiger partial charge in [-0.2, -0.15) is 5.04 Å². The Hall–Kier alpha value is -1.45. The molecule has 0 fully saturated rings. The highest BCUT2D eigenvalue weighted by Crippen LogP contribution is 2.17. The van der Waals surface area contributed by atoms with Gasteiger partial charge in [0.15, 0.2) is 0 Å². The third kappa shape index (κ3) is 2.30. The summed E-state index contributed by atoms with van der Waals surface area (Å²) in [5.41, 5.74) is 2.70. The summed E-state index contributed by atoms with van der Waals surface area (Å²) in [5.74, 6) is 0. The fraction of sp³-hybridized carbons (Fsp3) is 0.250. The molecule has 0 amide bonds. The minimum atomic E-state index is 0.588. The van der Waals surface area contributed by atoms with Gasteiger partial charge in [-0.3, -0.25) is 0 Å². The van der Waals surface area contributed by atoms with Crippen molar-refractivity contribution in [3.63, 3.8) is 0 Å². The number of nitrogens with zero attached hydrogens (tertiary/aromatic N) is 2. The standard InChI is InChI=1S/C8H9FN2O/c1-6-3-7(2)5-8(4-6)10-11-12-9/h3-5H,1-2H3. The number of aryl methyl sites for hydroxylation is 2. The normalized spacial score (nSPS) is 10.6. The Morgan fingerprint density at radius 1 is 1.17 bits per heavy atom. The molecular weight excluding hydrogens is 159 g/mol. The summed E-state index contributed by atoms with van der Waals surface area (Å²) >= 11 is 0. The monoisotopic (exact) mass is 168 g/mol. The highest BCUT2D eigenvalue weighted by Gasteiger charge is 1.93. The van der Waals surface area contributed by atoms with Gasteiger partial charge < -0.3 is 0 Å². The van der Waals surface area contributed by atoms with Crippen molar-refractivity contribution in [3.05, 3.63) is 29.3 Å². The molecule has 0 aliphatic carbocycles. The largest absolute Gasteiger partial charge is 0.153 e. The molecule has 0 aromatic heterocycles. The second-order valence-corrected chi connectivity index (χ2v) is 2.60. The van der Waals surface area contributed by atoms with Crippen LogP contribution in [-0.2, 0) is 5.04 Å². The number of benzene rings is 1. The van der Waals surface area contributed by atoms with Gasteiger partial charge in [0, 0.05) is 4.53 Å². The zero-order valence-electron chi connectivity index (χ0n) is 6.91. The van der Waals surface area contributed by atoms with Gasteiger partial charge in [0.2, 0.25) is 0 Å². The van der Waals surface area contributed by atoms with Crippen LogP contribution in [0.3, 0.4) is 0 Å². The van der Waals surface area contributed by atoms with Gasteiger partial charge >= 0.3 is 0 Å².